The van der Waals surface area contributed by atoms with Crippen LogP contribution in [0.1, 0.15) is 42.1 Å². The van der Waals surface area contributed by atoms with Crippen molar-refractivity contribution in [1.29, 1.82) is 0 Å². The average molecular weight is 586 g/mol. The summed E-state index contributed by atoms with van der Waals surface area (Å²) in [5.74, 6) is -2.87. The molecule has 1 saturated carbocycles. The van der Waals surface area contributed by atoms with Crippen LogP contribution in [0, 0.1) is 11.6 Å². The molecule has 222 valence electrons. The number of aliphatic hydroxyl groups excluding tert-OH is 1. The van der Waals surface area contributed by atoms with E-state index in [1.54, 1.807) is 15.5 Å². The first-order chi connectivity index (χ1) is 20.1. The van der Waals surface area contributed by atoms with Gasteiger partial charge >= 0.3 is 12.1 Å². The first-order valence-electron chi connectivity index (χ1n) is 13.7. The lowest BCUT2D eigenvalue weighted by atomic mass is 9.92. The number of carboxylic acids is 1. The maximum atomic E-state index is 15.3. The molecule has 3 heterocycles. The number of piperidine rings is 1. The van der Waals surface area contributed by atoms with Crippen molar-refractivity contribution in [1.82, 2.24) is 4.57 Å². The lowest BCUT2D eigenvalue weighted by Crippen LogP contribution is -2.48. The SMILES string of the molecule is O=C(O)c1cn(C2CC2)c2cc(N3CCC(O)(COc4ccc(N5C[C@@H](CO)OC5=O)cc4F)CC3)c(F)cc2c1=O. The van der Waals surface area contributed by atoms with Gasteiger partial charge in [0.1, 0.15) is 29.7 Å². The first-order valence-corrected chi connectivity index (χ1v) is 13.7. The Morgan fingerprint density at radius 2 is 1.83 bits per heavy atom. The molecule has 3 N–H and O–H groups in total. The van der Waals surface area contributed by atoms with Crippen LogP contribution in [0.3, 0.4) is 0 Å². The molecule has 11 nitrogen and oxygen atoms in total. The van der Waals surface area contributed by atoms with E-state index in [4.69, 9.17) is 9.47 Å². The van der Waals surface area contributed by atoms with E-state index in [-0.39, 0.29) is 74.2 Å². The van der Waals surface area contributed by atoms with Gasteiger partial charge in [0, 0.05) is 36.8 Å². The van der Waals surface area contributed by atoms with Gasteiger partial charge in [0.2, 0.25) is 5.43 Å². The van der Waals surface area contributed by atoms with E-state index in [1.807, 2.05) is 0 Å². The zero-order chi connectivity index (χ0) is 29.8. The molecule has 42 heavy (non-hydrogen) atoms. The van der Waals surface area contributed by atoms with Crippen LogP contribution in [-0.4, -0.2) is 76.5 Å². The molecule has 1 aliphatic carbocycles. The molecule has 6 rings (SSSR count). The highest BCUT2D eigenvalue weighted by atomic mass is 19.1. The van der Waals surface area contributed by atoms with E-state index in [0.717, 1.165) is 25.0 Å². The number of aromatic carboxylic acids is 1. The van der Waals surface area contributed by atoms with Crippen LogP contribution in [0.4, 0.5) is 25.0 Å². The second-order valence-electron chi connectivity index (χ2n) is 11.1. The maximum absolute atomic E-state index is 15.3. The number of carboxylic acid groups (broad SMARTS) is 1. The van der Waals surface area contributed by atoms with E-state index >= 15 is 4.39 Å². The van der Waals surface area contributed by atoms with Crippen LogP contribution in [0.25, 0.3) is 10.9 Å². The minimum Gasteiger partial charge on any atom is -0.488 e. The van der Waals surface area contributed by atoms with Crippen molar-refractivity contribution in [3.8, 4) is 5.75 Å². The molecule has 3 aromatic rings. The maximum Gasteiger partial charge on any atom is 0.414 e. The van der Waals surface area contributed by atoms with Crippen molar-refractivity contribution in [2.45, 2.75) is 43.4 Å². The van der Waals surface area contributed by atoms with Gasteiger partial charge in [0.05, 0.1) is 30.0 Å². The largest absolute Gasteiger partial charge is 0.488 e. The number of rotatable bonds is 8. The Morgan fingerprint density at radius 3 is 2.45 bits per heavy atom. The topological polar surface area (TPSA) is 142 Å². The molecule has 3 aliphatic rings. The Kier molecular flexibility index (Phi) is 7.01. The second-order valence-corrected chi connectivity index (χ2v) is 11.1. The van der Waals surface area contributed by atoms with E-state index in [2.05, 4.69) is 0 Å². The first kappa shape index (κ1) is 27.9. The number of carbonyl (C=O) groups excluding carboxylic acids is 1. The van der Waals surface area contributed by atoms with Crippen molar-refractivity contribution >= 4 is 34.3 Å². The number of nitrogens with zero attached hydrogens (tertiary/aromatic N) is 3. The fourth-order valence-corrected chi connectivity index (χ4v) is 5.53. The van der Waals surface area contributed by atoms with Gasteiger partial charge in [-0.1, -0.05) is 0 Å². The highest BCUT2D eigenvalue weighted by Gasteiger charge is 2.36. The number of ether oxygens (including phenoxy) is 2. The third-order valence-corrected chi connectivity index (χ3v) is 8.11. The van der Waals surface area contributed by atoms with Gasteiger partial charge < -0.3 is 34.3 Å². The highest BCUT2D eigenvalue weighted by Crippen LogP contribution is 2.39. The second kappa shape index (κ2) is 10.6. The molecule has 2 saturated heterocycles. The fourth-order valence-electron chi connectivity index (χ4n) is 5.53. The molecular formula is C29H29F2N3O8. The third-order valence-electron chi connectivity index (χ3n) is 8.11. The molecule has 13 heteroatoms. The number of amides is 1. The zero-order valence-corrected chi connectivity index (χ0v) is 22.5. The van der Waals surface area contributed by atoms with Gasteiger partial charge in [-0.05, 0) is 49.9 Å². The van der Waals surface area contributed by atoms with Crippen LogP contribution < -0.4 is 20.0 Å². The van der Waals surface area contributed by atoms with Crippen molar-refractivity contribution in [2.75, 3.05) is 42.6 Å². The normalized spacial score (nSPS) is 20.2. The molecule has 1 amide bonds. The van der Waals surface area contributed by atoms with E-state index in [0.29, 0.717) is 5.52 Å². The van der Waals surface area contributed by atoms with Crippen LogP contribution in [-0.2, 0) is 4.74 Å². The van der Waals surface area contributed by atoms with Gasteiger partial charge in [-0.3, -0.25) is 9.69 Å². The summed E-state index contributed by atoms with van der Waals surface area (Å²) in [6.45, 7) is 0.0474. The number of carbonyl (C=O) groups is 2. The molecule has 0 unspecified atom stereocenters. The van der Waals surface area contributed by atoms with Gasteiger partial charge in [0.25, 0.3) is 0 Å². The quantitative estimate of drug-likeness (QED) is 0.364. The highest BCUT2D eigenvalue weighted by molar-refractivity contribution is 5.93. The summed E-state index contributed by atoms with van der Waals surface area (Å²) >= 11 is 0. The standard InChI is InChI=1S/C29H29F2N3O8/c30-21-10-19-23(33(16-1-2-16)13-20(26(19)36)27(37)38)11-24(21)32-7-5-29(40,6-8-32)15-41-25-4-3-17(9-22(25)31)34-12-18(14-35)42-28(34)39/h3-4,9-11,13,16,18,35,40H,1-2,5-8,12,14-15H2,(H,37,38)/t18-/m0/s1. The summed E-state index contributed by atoms with van der Waals surface area (Å²) < 4.78 is 42.4. The number of pyridine rings is 1. The molecule has 1 aromatic heterocycles. The summed E-state index contributed by atoms with van der Waals surface area (Å²) in [6.07, 6.45) is 2.00. The van der Waals surface area contributed by atoms with Gasteiger partial charge in [-0.15, -0.1) is 0 Å². The number of hydrogen-bond acceptors (Lipinski definition) is 8. The lowest BCUT2D eigenvalue weighted by Gasteiger charge is -2.39. The number of fused-ring (bicyclic) bond motifs is 1. The summed E-state index contributed by atoms with van der Waals surface area (Å²) in [6, 6.07) is 6.64. The predicted molar refractivity (Wildman–Crippen MR) is 146 cm³/mol. The Morgan fingerprint density at radius 1 is 1.10 bits per heavy atom. The van der Waals surface area contributed by atoms with Crippen molar-refractivity contribution < 1.29 is 43.2 Å². The van der Waals surface area contributed by atoms with Crippen molar-refractivity contribution in [3.05, 3.63) is 63.9 Å². The number of aromatic nitrogens is 1. The molecule has 2 aromatic carbocycles. The predicted octanol–water partition coefficient (Wildman–Crippen LogP) is 3.04. The number of anilines is 2. The van der Waals surface area contributed by atoms with Gasteiger partial charge in [-0.2, -0.15) is 0 Å². The number of hydrogen-bond donors (Lipinski definition) is 3. The van der Waals surface area contributed by atoms with Crippen LogP contribution in [0.2, 0.25) is 0 Å². The molecule has 2 aliphatic heterocycles. The van der Waals surface area contributed by atoms with Crippen LogP contribution in [0.5, 0.6) is 5.75 Å². The summed E-state index contributed by atoms with van der Waals surface area (Å²) in [5.41, 5.74) is -1.50. The van der Waals surface area contributed by atoms with E-state index in [9.17, 15) is 34.1 Å². The summed E-state index contributed by atoms with van der Waals surface area (Å²) in [7, 11) is 0. The number of halogens is 2. The lowest BCUT2D eigenvalue weighted by molar-refractivity contribution is -0.0250. The minimum absolute atomic E-state index is 0.00727. The number of cyclic esters (lactones) is 1. The molecule has 1 atom stereocenters. The molecule has 0 radical (unpaired) electrons. The van der Waals surface area contributed by atoms with E-state index in [1.165, 1.54) is 23.2 Å². The Hall–Kier alpha value is -4.23. The molecule has 3 fully saturated rings. The molecule has 0 spiro atoms. The average Bonchev–Trinajstić information content (AvgIpc) is 3.74. The van der Waals surface area contributed by atoms with Gasteiger partial charge in [0.15, 0.2) is 11.6 Å². The van der Waals surface area contributed by atoms with E-state index < -0.39 is 46.4 Å². The molecule has 0 bridgehead atoms. The summed E-state index contributed by atoms with van der Waals surface area (Å²) in [5, 5.41) is 29.8. The molecular weight excluding hydrogens is 556 g/mol. The minimum atomic E-state index is -1.36. The van der Waals surface area contributed by atoms with Crippen molar-refractivity contribution in [3.63, 3.8) is 0 Å². The smallest absolute Gasteiger partial charge is 0.414 e. The van der Waals surface area contributed by atoms with Gasteiger partial charge in [-0.25, -0.2) is 18.4 Å². The third kappa shape index (κ3) is 5.13. The summed E-state index contributed by atoms with van der Waals surface area (Å²) in [4.78, 5) is 39.3. The van der Waals surface area contributed by atoms with Crippen molar-refractivity contribution in [2.24, 2.45) is 0 Å². The Labute approximate surface area is 238 Å². The Bertz CT molecular complexity index is 1630. The number of benzene rings is 2. The zero-order valence-electron chi connectivity index (χ0n) is 22.5. The van der Waals surface area contributed by atoms with Crippen LogP contribution >= 0.6 is 0 Å². The number of aliphatic hydroxyl groups is 2. The fraction of sp³-hybridized carbons (Fsp3) is 0.414. The Balaban J connectivity index is 1.14. The van der Waals surface area contributed by atoms with Crippen LogP contribution in [0.15, 0.2) is 41.3 Å². The monoisotopic (exact) mass is 585 g/mol.